The number of nitrogens with one attached hydrogen (secondary N) is 2. The van der Waals surface area contributed by atoms with E-state index in [2.05, 4.69) is 16.4 Å². The molecule has 2 aromatic rings. The number of benzene rings is 1. The average molecular weight is 326 g/mol. The van der Waals surface area contributed by atoms with Gasteiger partial charge in [0.25, 0.3) is 0 Å². The molecule has 98 valence electrons. The van der Waals surface area contributed by atoms with Crippen LogP contribution in [0, 0.1) is 0 Å². The fourth-order valence-corrected chi connectivity index (χ4v) is 3.02. The van der Waals surface area contributed by atoms with E-state index in [-0.39, 0.29) is 18.4 Å². The van der Waals surface area contributed by atoms with Gasteiger partial charge in [-0.1, -0.05) is 53.0 Å². The molecule has 0 saturated carbocycles. The third-order valence-corrected chi connectivity index (χ3v) is 3.84. The summed E-state index contributed by atoms with van der Waals surface area (Å²) >= 11 is 18.0. The first-order valence-corrected chi connectivity index (χ1v) is 6.60. The lowest BCUT2D eigenvalue weighted by molar-refractivity contribution is 0.504. The number of hydrogen-bond donors (Lipinski definition) is 2. The zero-order chi connectivity index (χ0) is 12.0. The Bertz CT molecular complexity index is 559. The first-order valence-electron chi connectivity index (χ1n) is 5.47. The highest BCUT2D eigenvalue weighted by Gasteiger charge is 2.38. The van der Waals surface area contributed by atoms with Gasteiger partial charge in [0.2, 0.25) is 3.79 Å². The number of alkyl halides is 3. The summed E-state index contributed by atoms with van der Waals surface area (Å²) in [6.07, 6.45) is 0.955. The number of hydrogen-bond acceptors (Lipinski definition) is 1. The molecule has 0 amide bonds. The number of aromatic nitrogens is 1. The highest BCUT2D eigenvalue weighted by atomic mass is 35.6. The van der Waals surface area contributed by atoms with Gasteiger partial charge in [-0.05, 0) is 18.1 Å². The summed E-state index contributed by atoms with van der Waals surface area (Å²) in [6, 6.07) is 7.91. The number of fused-ring (bicyclic) bond motifs is 3. The Kier molecular flexibility index (Phi) is 4.05. The van der Waals surface area contributed by atoms with Crippen LogP contribution in [0.3, 0.4) is 0 Å². The van der Waals surface area contributed by atoms with E-state index in [0.717, 1.165) is 24.2 Å². The Morgan fingerprint density at radius 1 is 1.17 bits per heavy atom. The van der Waals surface area contributed by atoms with Crippen molar-refractivity contribution >= 4 is 58.1 Å². The first-order chi connectivity index (χ1) is 8.07. The molecule has 0 radical (unpaired) electrons. The molecule has 2 heterocycles. The maximum Gasteiger partial charge on any atom is 0.211 e. The van der Waals surface area contributed by atoms with E-state index in [1.165, 1.54) is 10.9 Å². The Morgan fingerprint density at radius 3 is 2.61 bits per heavy atom. The molecule has 18 heavy (non-hydrogen) atoms. The van der Waals surface area contributed by atoms with Crippen molar-refractivity contribution in [3.05, 3.63) is 35.5 Å². The minimum Gasteiger partial charge on any atom is -0.357 e. The zero-order valence-corrected chi connectivity index (χ0v) is 12.4. The van der Waals surface area contributed by atoms with Crippen LogP contribution in [0.15, 0.2) is 24.3 Å². The third kappa shape index (κ3) is 2.33. The Balaban J connectivity index is 0.00000120. The Hall–Kier alpha value is -0.120. The van der Waals surface area contributed by atoms with Gasteiger partial charge in [-0.15, -0.1) is 12.4 Å². The molecule has 0 spiro atoms. The van der Waals surface area contributed by atoms with Crippen LogP contribution in [0.5, 0.6) is 0 Å². The van der Waals surface area contributed by atoms with Gasteiger partial charge in [-0.25, -0.2) is 0 Å². The topological polar surface area (TPSA) is 27.8 Å². The molecule has 2 N–H and O–H groups in total. The van der Waals surface area contributed by atoms with Crippen LogP contribution in [0.1, 0.15) is 17.3 Å². The van der Waals surface area contributed by atoms with Crippen LogP contribution in [0.25, 0.3) is 10.9 Å². The minimum absolute atomic E-state index is 0. The summed E-state index contributed by atoms with van der Waals surface area (Å²) in [7, 11) is 0. The van der Waals surface area contributed by atoms with Crippen LogP contribution >= 0.6 is 47.2 Å². The molecule has 1 aromatic carbocycles. The van der Waals surface area contributed by atoms with Gasteiger partial charge >= 0.3 is 0 Å². The minimum atomic E-state index is -1.34. The SMILES string of the molecule is Cl.ClC(Cl)(Cl)[C@H]1NCCc2c1[nH]c1ccccc21. The summed E-state index contributed by atoms with van der Waals surface area (Å²) < 4.78 is -1.34. The highest BCUT2D eigenvalue weighted by molar-refractivity contribution is 6.68. The lowest BCUT2D eigenvalue weighted by atomic mass is 10.00. The summed E-state index contributed by atoms with van der Waals surface area (Å²) in [5, 5.41) is 4.47. The van der Waals surface area contributed by atoms with E-state index in [9.17, 15) is 0 Å². The monoisotopic (exact) mass is 324 g/mol. The molecular formula is C12H12Cl4N2. The lowest BCUT2D eigenvalue weighted by Crippen LogP contribution is -2.37. The van der Waals surface area contributed by atoms with Gasteiger partial charge in [0.1, 0.15) is 0 Å². The predicted molar refractivity (Wildman–Crippen MR) is 80.3 cm³/mol. The fourth-order valence-electron chi connectivity index (χ4n) is 2.46. The van der Waals surface area contributed by atoms with E-state index in [1.54, 1.807) is 0 Å². The molecule has 1 aliphatic rings. The van der Waals surface area contributed by atoms with Gasteiger partial charge in [-0.3, -0.25) is 0 Å². The van der Waals surface area contributed by atoms with Gasteiger partial charge in [-0.2, -0.15) is 0 Å². The number of halogens is 4. The molecule has 3 rings (SSSR count). The summed E-state index contributed by atoms with van der Waals surface area (Å²) in [5.41, 5.74) is 3.36. The average Bonchev–Trinajstić information content (AvgIpc) is 2.65. The van der Waals surface area contributed by atoms with E-state index in [0.29, 0.717) is 0 Å². The number of H-pyrrole nitrogens is 1. The predicted octanol–water partition coefficient (Wildman–Crippen LogP) is 4.15. The number of para-hydroxylation sites is 1. The van der Waals surface area contributed by atoms with E-state index < -0.39 is 3.79 Å². The summed E-state index contributed by atoms with van der Waals surface area (Å²) in [5.74, 6) is 0. The third-order valence-electron chi connectivity index (χ3n) is 3.19. The normalized spacial score (nSPS) is 19.4. The zero-order valence-electron chi connectivity index (χ0n) is 9.34. The van der Waals surface area contributed by atoms with Crippen molar-refractivity contribution in [2.45, 2.75) is 16.3 Å². The van der Waals surface area contributed by atoms with Crippen molar-refractivity contribution in [1.82, 2.24) is 10.3 Å². The molecule has 0 aliphatic carbocycles. The summed E-state index contributed by atoms with van der Waals surface area (Å²) in [4.78, 5) is 3.36. The Labute approximate surface area is 126 Å². The molecule has 0 bridgehead atoms. The molecule has 0 unspecified atom stereocenters. The van der Waals surface area contributed by atoms with Gasteiger partial charge in [0.05, 0.1) is 6.04 Å². The quantitative estimate of drug-likeness (QED) is 0.700. The summed E-state index contributed by atoms with van der Waals surface area (Å²) in [6.45, 7) is 0.827. The van der Waals surface area contributed by atoms with Crippen molar-refractivity contribution in [2.75, 3.05) is 6.54 Å². The second-order valence-corrected chi connectivity index (χ2v) is 6.61. The molecule has 0 fully saturated rings. The molecule has 6 heteroatoms. The largest absolute Gasteiger partial charge is 0.357 e. The van der Waals surface area contributed by atoms with Crippen LogP contribution in [-0.4, -0.2) is 15.3 Å². The van der Waals surface area contributed by atoms with Gasteiger partial charge in [0, 0.05) is 23.1 Å². The van der Waals surface area contributed by atoms with Crippen LogP contribution in [0.4, 0.5) is 0 Å². The maximum absolute atomic E-state index is 6.02. The second kappa shape index (κ2) is 5.10. The highest BCUT2D eigenvalue weighted by Crippen LogP contribution is 2.43. The smallest absolute Gasteiger partial charge is 0.211 e. The van der Waals surface area contributed by atoms with Crippen molar-refractivity contribution in [3.63, 3.8) is 0 Å². The van der Waals surface area contributed by atoms with Crippen molar-refractivity contribution < 1.29 is 0 Å². The molecule has 1 aliphatic heterocycles. The second-order valence-electron chi connectivity index (χ2n) is 4.24. The first kappa shape index (κ1) is 14.3. The van der Waals surface area contributed by atoms with Crippen molar-refractivity contribution in [2.24, 2.45) is 0 Å². The Morgan fingerprint density at radius 2 is 1.89 bits per heavy atom. The maximum atomic E-state index is 6.02. The molecule has 1 atom stereocenters. The van der Waals surface area contributed by atoms with Crippen LogP contribution in [-0.2, 0) is 6.42 Å². The van der Waals surface area contributed by atoms with Crippen molar-refractivity contribution in [1.29, 1.82) is 0 Å². The van der Waals surface area contributed by atoms with E-state index >= 15 is 0 Å². The molecule has 0 saturated heterocycles. The molecule has 2 nitrogen and oxygen atoms in total. The van der Waals surface area contributed by atoms with Gasteiger partial charge in [0.15, 0.2) is 0 Å². The number of rotatable bonds is 0. The van der Waals surface area contributed by atoms with Crippen molar-refractivity contribution in [3.8, 4) is 0 Å². The fraction of sp³-hybridized carbons (Fsp3) is 0.333. The molecular weight excluding hydrogens is 314 g/mol. The number of aromatic amines is 1. The lowest BCUT2D eigenvalue weighted by Gasteiger charge is -2.29. The van der Waals surface area contributed by atoms with E-state index in [4.69, 9.17) is 34.8 Å². The van der Waals surface area contributed by atoms with Crippen LogP contribution in [0.2, 0.25) is 0 Å². The van der Waals surface area contributed by atoms with E-state index in [1.807, 2.05) is 18.2 Å². The molecule has 1 aromatic heterocycles. The standard InChI is InChI=1S/C12H11Cl3N2.ClH/c13-12(14,15)11-10-8(5-6-16-11)7-3-1-2-4-9(7)17-10;/h1-4,11,16-17H,5-6H2;1H/t11-;/m0./s1. The van der Waals surface area contributed by atoms with Crippen LogP contribution < -0.4 is 5.32 Å². The van der Waals surface area contributed by atoms with Gasteiger partial charge < -0.3 is 10.3 Å².